The van der Waals surface area contributed by atoms with Crippen molar-refractivity contribution in [1.82, 2.24) is 0 Å². The second-order valence-electron chi connectivity index (χ2n) is 5.53. The van der Waals surface area contributed by atoms with E-state index in [1.165, 1.54) is 5.56 Å². The molecule has 0 bridgehead atoms. The molecule has 21 heavy (non-hydrogen) atoms. The molecular formula is C18H24N2O. The van der Waals surface area contributed by atoms with Gasteiger partial charge in [0.25, 0.3) is 0 Å². The van der Waals surface area contributed by atoms with Gasteiger partial charge in [0.05, 0.1) is 12.1 Å². The maximum Gasteiger partial charge on any atom is 0.0821 e. The topological polar surface area (TPSA) is 49.5 Å². The highest BCUT2D eigenvalue weighted by Gasteiger charge is 2.29. The van der Waals surface area contributed by atoms with Gasteiger partial charge in [-0.25, -0.2) is 0 Å². The maximum atomic E-state index is 9.82. The number of aryl methyl sites for hydroxylation is 1. The Labute approximate surface area is 127 Å². The first-order chi connectivity index (χ1) is 10.1. The van der Waals surface area contributed by atoms with Gasteiger partial charge in [-0.1, -0.05) is 48.0 Å². The average molecular weight is 284 g/mol. The zero-order valence-electron chi connectivity index (χ0n) is 12.8. The SMILES string of the molecule is CCN(CC(N)(CO)c1ccccc1)c1ccc(C)cc1. The molecule has 2 aromatic rings. The molecular weight excluding hydrogens is 260 g/mol. The third-order valence-electron chi connectivity index (χ3n) is 3.88. The van der Waals surface area contributed by atoms with Gasteiger partial charge in [-0.2, -0.15) is 0 Å². The molecule has 0 saturated heterocycles. The van der Waals surface area contributed by atoms with E-state index in [0.29, 0.717) is 6.54 Å². The van der Waals surface area contributed by atoms with E-state index in [2.05, 4.69) is 43.0 Å². The Bertz CT molecular complexity index is 553. The molecule has 2 aromatic carbocycles. The van der Waals surface area contributed by atoms with Gasteiger partial charge in [-0.15, -0.1) is 0 Å². The van der Waals surface area contributed by atoms with Crippen LogP contribution in [0, 0.1) is 6.92 Å². The van der Waals surface area contributed by atoms with Crippen molar-refractivity contribution in [3.8, 4) is 0 Å². The van der Waals surface area contributed by atoms with Crippen LogP contribution in [0.4, 0.5) is 5.69 Å². The lowest BCUT2D eigenvalue weighted by Crippen LogP contribution is -2.50. The van der Waals surface area contributed by atoms with Gasteiger partial charge in [-0.05, 0) is 31.5 Å². The molecule has 0 aliphatic rings. The second kappa shape index (κ2) is 6.74. The Kier molecular flexibility index (Phi) is 4.99. The zero-order valence-corrected chi connectivity index (χ0v) is 12.8. The monoisotopic (exact) mass is 284 g/mol. The first kappa shape index (κ1) is 15.5. The molecule has 3 heteroatoms. The Hall–Kier alpha value is -1.84. The van der Waals surface area contributed by atoms with Crippen LogP contribution in [0.3, 0.4) is 0 Å². The highest BCUT2D eigenvalue weighted by atomic mass is 16.3. The molecule has 0 heterocycles. The molecule has 0 amide bonds. The molecule has 0 spiro atoms. The fourth-order valence-corrected chi connectivity index (χ4v) is 2.48. The van der Waals surface area contributed by atoms with Gasteiger partial charge < -0.3 is 15.7 Å². The van der Waals surface area contributed by atoms with E-state index in [4.69, 9.17) is 5.73 Å². The Balaban J connectivity index is 2.25. The van der Waals surface area contributed by atoms with E-state index < -0.39 is 5.54 Å². The number of aliphatic hydroxyl groups excluding tert-OH is 1. The highest BCUT2D eigenvalue weighted by Crippen LogP contribution is 2.23. The lowest BCUT2D eigenvalue weighted by Gasteiger charge is -2.35. The third-order valence-corrected chi connectivity index (χ3v) is 3.88. The number of aliphatic hydroxyl groups is 1. The van der Waals surface area contributed by atoms with Crippen LogP contribution in [-0.2, 0) is 5.54 Å². The standard InChI is InChI=1S/C18H24N2O/c1-3-20(17-11-9-15(2)10-12-17)13-18(19,14-21)16-7-5-4-6-8-16/h4-12,21H,3,13-14,19H2,1-2H3. The van der Waals surface area contributed by atoms with Crippen LogP contribution in [0.1, 0.15) is 18.1 Å². The minimum absolute atomic E-state index is 0.0840. The minimum Gasteiger partial charge on any atom is -0.394 e. The lowest BCUT2D eigenvalue weighted by atomic mass is 9.91. The van der Waals surface area contributed by atoms with Crippen LogP contribution < -0.4 is 10.6 Å². The van der Waals surface area contributed by atoms with E-state index >= 15 is 0 Å². The molecule has 3 N–H and O–H groups in total. The van der Waals surface area contributed by atoms with Gasteiger partial charge >= 0.3 is 0 Å². The predicted octanol–water partition coefficient (Wildman–Crippen LogP) is 2.67. The number of rotatable bonds is 6. The number of benzene rings is 2. The van der Waals surface area contributed by atoms with E-state index in [1.54, 1.807) is 0 Å². The Morgan fingerprint density at radius 3 is 2.19 bits per heavy atom. The summed E-state index contributed by atoms with van der Waals surface area (Å²) in [6, 6.07) is 18.2. The molecule has 1 atom stereocenters. The second-order valence-corrected chi connectivity index (χ2v) is 5.53. The molecule has 0 aliphatic carbocycles. The summed E-state index contributed by atoms with van der Waals surface area (Å²) in [5, 5.41) is 9.82. The Morgan fingerprint density at radius 2 is 1.67 bits per heavy atom. The molecule has 1 unspecified atom stereocenters. The number of likely N-dealkylation sites (N-methyl/N-ethyl adjacent to an activating group) is 1. The van der Waals surface area contributed by atoms with Crippen LogP contribution in [0.15, 0.2) is 54.6 Å². The van der Waals surface area contributed by atoms with Gasteiger partial charge in [0.2, 0.25) is 0 Å². The van der Waals surface area contributed by atoms with Crippen molar-refractivity contribution in [2.45, 2.75) is 19.4 Å². The van der Waals surface area contributed by atoms with Crippen LogP contribution in [0.2, 0.25) is 0 Å². The summed E-state index contributed by atoms with van der Waals surface area (Å²) in [4.78, 5) is 2.20. The molecule has 0 saturated carbocycles. The fraction of sp³-hybridized carbons (Fsp3) is 0.333. The fourth-order valence-electron chi connectivity index (χ4n) is 2.48. The quantitative estimate of drug-likeness (QED) is 0.857. The van der Waals surface area contributed by atoms with E-state index in [1.807, 2.05) is 30.3 Å². The van der Waals surface area contributed by atoms with E-state index in [9.17, 15) is 5.11 Å². The van der Waals surface area contributed by atoms with E-state index in [-0.39, 0.29) is 6.61 Å². The highest BCUT2D eigenvalue weighted by molar-refractivity contribution is 5.48. The number of nitrogens with zero attached hydrogens (tertiary/aromatic N) is 1. The van der Waals surface area contributed by atoms with Gasteiger partial charge in [0, 0.05) is 18.8 Å². The molecule has 0 aromatic heterocycles. The summed E-state index contributed by atoms with van der Waals surface area (Å²) in [7, 11) is 0. The number of anilines is 1. The van der Waals surface area contributed by atoms with Crippen LogP contribution in [0.25, 0.3) is 0 Å². The summed E-state index contributed by atoms with van der Waals surface area (Å²) in [5.41, 5.74) is 9.03. The lowest BCUT2D eigenvalue weighted by molar-refractivity contribution is 0.199. The van der Waals surface area contributed by atoms with E-state index in [0.717, 1.165) is 17.8 Å². The molecule has 0 aliphatic heterocycles. The summed E-state index contributed by atoms with van der Waals surface area (Å²) < 4.78 is 0. The molecule has 3 nitrogen and oxygen atoms in total. The van der Waals surface area contributed by atoms with Crippen LogP contribution >= 0.6 is 0 Å². The van der Waals surface area contributed by atoms with Crippen molar-refractivity contribution in [3.05, 3.63) is 65.7 Å². The van der Waals surface area contributed by atoms with Crippen LogP contribution in [-0.4, -0.2) is 24.8 Å². The van der Waals surface area contributed by atoms with Crippen molar-refractivity contribution in [2.75, 3.05) is 24.6 Å². The molecule has 2 rings (SSSR count). The van der Waals surface area contributed by atoms with Crippen molar-refractivity contribution in [2.24, 2.45) is 5.73 Å². The first-order valence-corrected chi connectivity index (χ1v) is 7.36. The largest absolute Gasteiger partial charge is 0.394 e. The number of hydrogen-bond acceptors (Lipinski definition) is 3. The molecule has 0 radical (unpaired) electrons. The van der Waals surface area contributed by atoms with Gasteiger partial charge in [0.15, 0.2) is 0 Å². The van der Waals surface area contributed by atoms with Crippen molar-refractivity contribution in [1.29, 1.82) is 0 Å². The van der Waals surface area contributed by atoms with Gasteiger partial charge in [-0.3, -0.25) is 0 Å². The summed E-state index contributed by atoms with van der Waals surface area (Å²) in [6.07, 6.45) is 0. The zero-order chi connectivity index (χ0) is 15.3. The number of nitrogens with two attached hydrogens (primary N) is 1. The minimum atomic E-state index is -0.762. The molecule has 0 fully saturated rings. The first-order valence-electron chi connectivity index (χ1n) is 7.36. The maximum absolute atomic E-state index is 9.82. The third kappa shape index (κ3) is 3.63. The average Bonchev–Trinajstić information content (AvgIpc) is 2.54. The Morgan fingerprint density at radius 1 is 1.05 bits per heavy atom. The predicted molar refractivity (Wildman–Crippen MR) is 88.5 cm³/mol. The summed E-state index contributed by atoms with van der Waals surface area (Å²) in [6.45, 7) is 5.51. The summed E-state index contributed by atoms with van der Waals surface area (Å²) >= 11 is 0. The smallest absolute Gasteiger partial charge is 0.0821 e. The van der Waals surface area contributed by atoms with Crippen LogP contribution in [0.5, 0.6) is 0 Å². The van der Waals surface area contributed by atoms with Crippen molar-refractivity contribution >= 4 is 5.69 Å². The molecule has 112 valence electrons. The van der Waals surface area contributed by atoms with Crippen molar-refractivity contribution < 1.29 is 5.11 Å². The van der Waals surface area contributed by atoms with Gasteiger partial charge in [0.1, 0.15) is 0 Å². The normalized spacial score (nSPS) is 13.7. The van der Waals surface area contributed by atoms with Crippen molar-refractivity contribution in [3.63, 3.8) is 0 Å². The number of hydrogen-bond donors (Lipinski definition) is 2. The summed E-state index contributed by atoms with van der Waals surface area (Å²) in [5.74, 6) is 0.